The van der Waals surface area contributed by atoms with Crippen molar-refractivity contribution in [2.24, 2.45) is 5.10 Å². The maximum Gasteiger partial charge on any atom is 0.303 e. The smallest absolute Gasteiger partial charge is 0.303 e. The average molecular weight is 553 g/mol. The highest BCUT2D eigenvalue weighted by molar-refractivity contribution is 6.02. The van der Waals surface area contributed by atoms with Crippen LogP contribution in [-0.4, -0.2) is 39.1 Å². The van der Waals surface area contributed by atoms with Crippen molar-refractivity contribution in [3.8, 4) is 0 Å². The molecule has 10 nitrogen and oxygen atoms in total. The Balaban J connectivity index is 0.00000420. The van der Waals surface area contributed by atoms with Gasteiger partial charge in [0.1, 0.15) is 0 Å². The fraction of sp³-hybridized carbons (Fsp3) is 0.214. The summed E-state index contributed by atoms with van der Waals surface area (Å²) >= 11 is 0. The van der Waals surface area contributed by atoms with Crippen molar-refractivity contribution in [1.82, 2.24) is 5.43 Å². The number of carboxylic acid groups (broad SMARTS) is 3. The number of hydrazine groups is 2. The van der Waals surface area contributed by atoms with Crippen LogP contribution in [0.15, 0.2) is 77.9 Å². The van der Waals surface area contributed by atoms with Crippen LogP contribution in [0.3, 0.4) is 0 Å². The third-order valence-corrected chi connectivity index (χ3v) is 6.05. The predicted molar refractivity (Wildman–Crippen MR) is 149 cm³/mol. The zero-order chi connectivity index (χ0) is 27.1. The lowest BCUT2D eigenvalue weighted by Crippen LogP contribution is -2.44. The molecule has 1 heterocycles. The van der Waals surface area contributed by atoms with Gasteiger partial charge >= 0.3 is 17.9 Å². The highest BCUT2D eigenvalue weighted by Crippen LogP contribution is 2.27. The number of aliphatic carboxylic acids is 3. The number of hydrogen-bond acceptors (Lipinski definition) is 7. The van der Waals surface area contributed by atoms with Crippen molar-refractivity contribution in [3.05, 3.63) is 95.1 Å². The summed E-state index contributed by atoms with van der Waals surface area (Å²) in [4.78, 5) is 32.7. The molecule has 0 atom stereocenters. The molecule has 0 saturated heterocycles. The van der Waals surface area contributed by atoms with Crippen molar-refractivity contribution in [2.45, 2.75) is 38.5 Å². The predicted octanol–water partition coefficient (Wildman–Crippen LogP) is 4.27. The molecular formula is C28H29ClN4O6. The van der Waals surface area contributed by atoms with Crippen LogP contribution in [0.4, 0.5) is 11.4 Å². The summed E-state index contributed by atoms with van der Waals surface area (Å²) in [6, 6.07) is 22.5. The topological polar surface area (TPSA) is 143 Å². The van der Waals surface area contributed by atoms with Gasteiger partial charge in [0.2, 0.25) is 0 Å². The van der Waals surface area contributed by atoms with Gasteiger partial charge in [-0.25, -0.2) is 0 Å². The van der Waals surface area contributed by atoms with Crippen molar-refractivity contribution < 1.29 is 29.7 Å². The largest absolute Gasteiger partial charge is 0.481 e. The van der Waals surface area contributed by atoms with Gasteiger partial charge in [-0.3, -0.25) is 19.8 Å². The first-order chi connectivity index (χ1) is 18.3. The van der Waals surface area contributed by atoms with Gasteiger partial charge in [-0.1, -0.05) is 48.5 Å². The molecular weight excluding hydrogens is 524 g/mol. The van der Waals surface area contributed by atoms with Crippen LogP contribution in [0.25, 0.3) is 0 Å². The lowest BCUT2D eigenvalue weighted by atomic mass is 10.1. The fourth-order valence-corrected chi connectivity index (χ4v) is 3.96. The molecule has 0 aliphatic carbocycles. The second kappa shape index (κ2) is 13.3. The van der Waals surface area contributed by atoms with E-state index >= 15 is 0 Å². The van der Waals surface area contributed by atoms with E-state index in [1.165, 1.54) is 0 Å². The summed E-state index contributed by atoms with van der Waals surface area (Å²) in [6.45, 7) is 0. The summed E-state index contributed by atoms with van der Waals surface area (Å²) in [7, 11) is 0. The summed E-state index contributed by atoms with van der Waals surface area (Å²) in [5.41, 5.74) is 8.37. The molecule has 11 heteroatoms. The van der Waals surface area contributed by atoms with Crippen LogP contribution in [0.5, 0.6) is 0 Å². The van der Waals surface area contributed by atoms with E-state index in [0.717, 1.165) is 33.6 Å². The van der Waals surface area contributed by atoms with E-state index in [1.54, 1.807) is 10.2 Å². The molecule has 4 rings (SSSR count). The molecule has 204 valence electrons. The van der Waals surface area contributed by atoms with Crippen LogP contribution in [-0.2, 0) is 33.6 Å². The van der Waals surface area contributed by atoms with Crippen molar-refractivity contribution in [2.75, 3.05) is 10.2 Å². The van der Waals surface area contributed by atoms with Gasteiger partial charge in [0.05, 0.1) is 11.4 Å². The number of nitrogens with one attached hydrogen (secondary N) is 1. The second-order valence-corrected chi connectivity index (χ2v) is 8.87. The number of hydrogen-bond donors (Lipinski definition) is 4. The number of carboxylic acids is 3. The van der Waals surface area contributed by atoms with Gasteiger partial charge in [0.25, 0.3) is 0 Å². The van der Waals surface area contributed by atoms with Gasteiger partial charge in [-0.05, 0) is 60.2 Å². The highest BCUT2D eigenvalue weighted by Gasteiger charge is 2.26. The Labute approximate surface area is 231 Å². The standard InChI is InChI=1S/C28H28N4O6.ClH/c33-25(34)16-7-19-1-10-22(11-2-19)28-29-31(23-12-3-20(4-13-23)8-17-26(35)36)32(30-28)24-14-5-21(6-15-24)9-18-27(37)38;/h1-6,10-15H,7-9,16-18H2,(H,29,30)(H,33,34)(H,35,36)(H,37,38);1H. The minimum Gasteiger partial charge on any atom is -0.481 e. The third-order valence-electron chi connectivity index (χ3n) is 6.05. The number of carbonyl (C=O) groups is 3. The average Bonchev–Trinajstić information content (AvgIpc) is 3.36. The summed E-state index contributed by atoms with van der Waals surface area (Å²) in [5.74, 6) is -1.95. The first kappa shape index (κ1) is 29.0. The highest BCUT2D eigenvalue weighted by atomic mass is 35.5. The fourth-order valence-electron chi connectivity index (χ4n) is 3.96. The van der Waals surface area contributed by atoms with E-state index in [0.29, 0.717) is 25.1 Å². The van der Waals surface area contributed by atoms with E-state index in [-0.39, 0.29) is 31.7 Å². The molecule has 0 spiro atoms. The van der Waals surface area contributed by atoms with Crippen LogP contribution in [0.2, 0.25) is 0 Å². The number of halogens is 1. The van der Waals surface area contributed by atoms with Gasteiger partial charge in [-0.15, -0.1) is 17.5 Å². The normalized spacial score (nSPS) is 12.4. The minimum atomic E-state index is -0.848. The maximum absolute atomic E-state index is 10.9. The third kappa shape index (κ3) is 7.96. The van der Waals surface area contributed by atoms with Gasteiger partial charge < -0.3 is 15.3 Å². The molecule has 3 aromatic carbocycles. The van der Waals surface area contributed by atoms with E-state index in [4.69, 9.17) is 20.4 Å². The number of amidine groups is 1. The summed E-state index contributed by atoms with van der Waals surface area (Å²) < 4.78 is 0. The van der Waals surface area contributed by atoms with E-state index in [1.807, 2.05) is 72.8 Å². The quantitative estimate of drug-likeness (QED) is 0.259. The first-order valence-corrected chi connectivity index (χ1v) is 12.2. The molecule has 0 aromatic heterocycles. The van der Waals surface area contributed by atoms with Crippen LogP contribution in [0, 0.1) is 0 Å². The Morgan fingerprint density at radius 2 is 1.00 bits per heavy atom. The van der Waals surface area contributed by atoms with E-state index < -0.39 is 17.9 Å². The van der Waals surface area contributed by atoms with E-state index in [9.17, 15) is 14.4 Å². The summed E-state index contributed by atoms with van der Waals surface area (Å²) in [5, 5.41) is 35.1. The Morgan fingerprint density at radius 3 is 1.41 bits per heavy atom. The number of benzene rings is 3. The molecule has 4 N–H and O–H groups in total. The van der Waals surface area contributed by atoms with Gasteiger partial charge in [0.15, 0.2) is 5.84 Å². The van der Waals surface area contributed by atoms with Crippen molar-refractivity contribution >= 4 is 47.5 Å². The lowest BCUT2D eigenvalue weighted by molar-refractivity contribution is -0.138. The molecule has 1 aliphatic rings. The van der Waals surface area contributed by atoms with Crippen LogP contribution in [0.1, 0.15) is 41.5 Å². The molecule has 3 aromatic rings. The Hall–Kier alpha value is -4.57. The molecule has 0 fully saturated rings. The number of anilines is 2. The number of nitrogens with zero attached hydrogens (tertiary/aromatic N) is 3. The summed E-state index contributed by atoms with van der Waals surface area (Å²) in [6.07, 6.45) is 1.47. The van der Waals surface area contributed by atoms with Crippen molar-refractivity contribution in [1.29, 1.82) is 0 Å². The van der Waals surface area contributed by atoms with Crippen molar-refractivity contribution in [3.63, 3.8) is 0 Å². The SMILES string of the molecule is Cl.O=C(O)CCc1ccc(C2=NN(c3ccc(CCC(=O)O)cc3)N(c3ccc(CCC(=O)O)cc3)N2)cc1. The molecule has 1 aliphatic heterocycles. The van der Waals surface area contributed by atoms with E-state index in [2.05, 4.69) is 5.43 Å². The molecule has 0 amide bonds. The number of hydrazone groups is 1. The van der Waals surface area contributed by atoms with Gasteiger partial charge in [-0.2, -0.15) is 10.2 Å². The molecule has 0 saturated carbocycles. The Morgan fingerprint density at radius 1 is 0.615 bits per heavy atom. The second-order valence-electron chi connectivity index (χ2n) is 8.87. The van der Waals surface area contributed by atoms with Crippen LogP contribution < -0.4 is 15.7 Å². The monoisotopic (exact) mass is 552 g/mol. The zero-order valence-corrected chi connectivity index (χ0v) is 21.8. The lowest BCUT2D eigenvalue weighted by Gasteiger charge is -2.28. The molecule has 0 bridgehead atoms. The molecule has 0 unspecified atom stereocenters. The zero-order valence-electron chi connectivity index (χ0n) is 21.0. The maximum atomic E-state index is 10.9. The molecule has 39 heavy (non-hydrogen) atoms. The Kier molecular flexibility index (Phi) is 9.88. The minimum absolute atomic E-state index is 0. The van der Waals surface area contributed by atoms with Gasteiger partial charge in [0, 0.05) is 24.8 Å². The van der Waals surface area contributed by atoms with Crippen LogP contribution >= 0.6 is 12.4 Å². The number of aryl methyl sites for hydroxylation is 3. The molecule has 0 radical (unpaired) electrons. The Bertz CT molecular complexity index is 1330. The number of rotatable bonds is 12. The first-order valence-electron chi connectivity index (χ1n) is 12.2.